The lowest BCUT2D eigenvalue weighted by molar-refractivity contribution is -0.137. The molecular weight excluding hydrogens is 543 g/mol. The number of nitrogens with zero attached hydrogens (tertiary/aromatic N) is 3. The highest BCUT2D eigenvalue weighted by atomic mass is 19.4. The van der Waals surface area contributed by atoms with E-state index in [1.165, 1.54) is 18.1 Å². The summed E-state index contributed by atoms with van der Waals surface area (Å²) in [4.78, 5) is 30.3. The highest BCUT2D eigenvalue weighted by molar-refractivity contribution is 5.96. The fourth-order valence-electron chi connectivity index (χ4n) is 4.62. The molecule has 220 valence electrons. The zero-order chi connectivity index (χ0) is 30.1. The maximum atomic E-state index is 13.8. The Hall–Kier alpha value is -4.37. The summed E-state index contributed by atoms with van der Waals surface area (Å²) in [6.07, 6.45) is -2.65. The quantitative estimate of drug-likeness (QED) is 0.202. The Morgan fingerprint density at radius 2 is 1.55 bits per heavy atom. The minimum atomic E-state index is -4.43. The molecule has 1 aromatic heterocycles. The number of hydrogen-bond acceptors (Lipinski definition) is 3. The first-order chi connectivity index (χ1) is 20.1. The number of benzene rings is 3. The van der Waals surface area contributed by atoms with Gasteiger partial charge in [-0.25, -0.2) is 0 Å². The Morgan fingerprint density at radius 1 is 0.833 bits per heavy atom. The van der Waals surface area contributed by atoms with Crippen LogP contribution in [0.15, 0.2) is 97.2 Å². The van der Waals surface area contributed by atoms with Gasteiger partial charge in [-0.3, -0.25) is 9.59 Å². The lowest BCUT2D eigenvalue weighted by atomic mass is 10.1. The number of halogens is 3. The first-order valence-electron chi connectivity index (χ1n) is 13.6. The van der Waals surface area contributed by atoms with Gasteiger partial charge >= 0.3 is 6.18 Å². The van der Waals surface area contributed by atoms with Gasteiger partial charge in [-0.05, 0) is 54.4 Å². The van der Waals surface area contributed by atoms with Gasteiger partial charge in [-0.15, -0.1) is 0 Å². The summed E-state index contributed by atoms with van der Waals surface area (Å²) in [7, 11) is 1.54. The first kappa shape index (κ1) is 30.6. The van der Waals surface area contributed by atoms with Gasteiger partial charge in [0.15, 0.2) is 0 Å². The van der Waals surface area contributed by atoms with Crippen LogP contribution in [0.25, 0.3) is 0 Å². The van der Waals surface area contributed by atoms with Crippen molar-refractivity contribution in [1.29, 1.82) is 0 Å². The summed E-state index contributed by atoms with van der Waals surface area (Å²) >= 11 is 0. The van der Waals surface area contributed by atoms with E-state index in [9.17, 15) is 22.8 Å². The van der Waals surface area contributed by atoms with Crippen LogP contribution in [0.2, 0.25) is 0 Å². The van der Waals surface area contributed by atoms with Crippen LogP contribution in [-0.4, -0.2) is 53.0 Å². The van der Waals surface area contributed by atoms with Crippen molar-refractivity contribution in [3.05, 3.63) is 131 Å². The Kier molecular flexibility index (Phi) is 10.2. The highest BCUT2D eigenvalue weighted by Crippen LogP contribution is 2.30. The normalized spacial score (nSPS) is 11.4. The molecule has 4 rings (SSSR count). The number of methoxy groups -OCH3 is 1. The maximum Gasteiger partial charge on any atom is 0.416 e. The molecular formula is C33H34F3N3O3. The molecule has 1 heterocycles. The Morgan fingerprint density at radius 3 is 2.24 bits per heavy atom. The van der Waals surface area contributed by atoms with E-state index in [2.05, 4.69) is 0 Å². The number of aromatic nitrogens is 1. The van der Waals surface area contributed by atoms with Gasteiger partial charge in [0.05, 0.1) is 18.7 Å². The van der Waals surface area contributed by atoms with Gasteiger partial charge in [0, 0.05) is 44.2 Å². The highest BCUT2D eigenvalue weighted by Gasteiger charge is 2.30. The summed E-state index contributed by atoms with van der Waals surface area (Å²) < 4.78 is 46.9. The molecule has 4 aromatic rings. The van der Waals surface area contributed by atoms with Gasteiger partial charge < -0.3 is 19.1 Å². The number of aryl methyl sites for hydroxylation is 1. The summed E-state index contributed by atoms with van der Waals surface area (Å²) in [5.41, 5.74) is 2.96. The summed E-state index contributed by atoms with van der Waals surface area (Å²) in [5.74, 6) is -0.532. The average Bonchev–Trinajstić information content (AvgIpc) is 3.41. The summed E-state index contributed by atoms with van der Waals surface area (Å²) in [6, 6.07) is 25.6. The van der Waals surface area contributed by atoms with E-state index >= 15 is 0 Å². The van der Waals surface area contributed by atoms with Crippen LogP contribution in [0, 0.1) is 6.92 Å². The number of hydrogen-bond donors (Lipinski definition) is 0. The first-order valence-corrected chi connectivity index (χ1v) is 13.6. The van der Waals surface area contributed by atoms with E-state index in [0.29, 0.717) is 17.7 Å². The zero-order valence-electron chi connectivity index (χ0n) is 23.7. The van der Waals surface area contributed by atoms with Crippen LogP contribution in [0.3, 0.4) is 0 Å². The second-order valence-electron chi connectivity index (χ2n) is 10.1. The van der Waals surface area contributed by atoms with Crippen LogP contribution in [0.4, 0.5) is 13.2 Å². The Labute approximate surface area is 243 Å². The molecule has 0 fully saturated rings. The summed E-state index contributed by atoms with van der Waals surface area (Å²) in [5, 5.41) is 0. The number of rotatable bonds is 12. The monoisotopic (exact) mass is 577 g/mol. The van der Waals surface area contributed by atoms with Crippen LogP contribution in [0.1, 0.15) is 38.3 Å². The molecule has 0 aliphatic carbocycles. The Balaban J connectivity index is 1.57. The second-order valence-corrected chi connectivity index (χ2v) is 10.1. The van der Waals surface area contributed by atoms with E-state index < -0.39 is 11.7 Å². The third kappa shape index (κ3) is 8.33. The van der Waals surface area contributed by atoms with E-state index in [1.807, 2.05) is 60.0 Å². The van der Waals surface area contributed by atoms with Crippen molar-refractivity contribution < 1.29 is 27.5 Å². The van der Waals surface area contributed by atoms with E-state index in [1.54, 1.807) is 35.4 Å². The minimum absolute atomic E-state index is 0.156. The molecule has 0 unspecified atom stereocenters. The number of alkyl halides is 3. The van der Waals surface area contributed by atoms with Crippen molar-refractivity contribution >= 4 is 11.8 Å². The van der Waals surface area contributed by atoms with E-state index in [0.717, 1.165) is 29.0 Å². The smallest absolute Gasteiger partial charge is 0.383 e. The molecule has 3 aromatic carbocycles. The van der Waals surface area contributed by atoms with Gasteiger partial charge in [-0.2, -0.15) is 13.2 Å². The molecule has 6 nitrogen and oxygen atoms in total. The molecule has 0 aliphatic heterocycles. The SMILES string of the molecule is COCCN(CC(=O)N(Cc1ccccc1)Cc1cccn1Cc1cccc(C(F)(F)F)c1)C(=O)c1ccc(C)cc1. The predicted molar refractivity (Wildman–Crippen MR) is 155 cm³/mol. The molecule has 0 bridgehead atoms. The molecule has 0 saturated heterocycles. The fraction of sp³-hybridized carbons (Fsp3) is 0.273. The van der Waals surface area contributed by atoms with Crippen molar-refractivity contribution in [2.75, 3.05) is 26.8 Å². The third-order valence-corrected chi connectivity index (χ3v) is 6.93. The third-order valence-electron chi connectivity index (χ3n) is 6.93. The molecule has 2 amide bonds. The largest absolute Gasteiger partial charge is 0.416 e. The van der Waals surface area contributed by atoms with Gasteiger partial charge in [0.2, 0.25) is 5.91 Å². The molecule has 0 N–H and O–H groups in total. The topological polar surface area (TPSA) is 54.8 Å². The van der Waals surface area contributed by atoms with Crippen molar-refractivity contribution in [3.8, 4) is 0 Å². The molecule has 0 atom stereocenters. The van der Waals surface area contributed by atoms with Crippen LogP contribution in [0.5, 0.6) is 0 Å². The van der Waals surface area contributed by atoms with Crippen molar-refractivity contribution in [1.82, 2.24) is 14.4 Å². The maximum absolute atomic E-state index is 13.8. The van der Waals surface area contributed by atoms with Crippen molar-refractivity contribution in [3.63, 3.8) is 0 Å². The molecule has 0 aliphatic rings. The fourth-order valence-corrected chi connectivity index (χ4v) is 4.62. The molecule has 0 spiro atoms. The molecule has 0 saturated carbocycles. The van der Waals surface area contributed by atoms with Crippen molar-refractivity contribution in [2.45, 2.75) is 32.7 Å². The van der Waals surface area contributed by atoms with Crippen LogP contribution >= 0.6 is 0 Å². The van der Waals surface area contributed by atoms with E-state index in [4.69, 9.17) is 4.74 Å². The van der Waals surface area contributed by atoms with Gasteiger partial charge in [0.1, 0.15) is 6.54 Å². The summed E-state index contributed by atoms with van der Waals surface area (Å²) in [6.45, 7) is 3.00. The standard InChI is InChI=1S/C33H34F3N3O3/c1-25-13-15-28(16-14-25)32(41)38(18-19-42-2)24-31(40)39(21-26-8-4-3-5-9-26)23-30-12-7-17-37(30)22-27-10-6-11-29(20-27)33(34,35)36/h3-17,20H,18-19,21-24H2,1-2H3. The molecule has 42 heavy (non-hydrogen) atoms. The van der Waals surface area contributed by atoms with E-state index in [-0.39, 0.29) is 44.6 Å². The lowest BCUT2D eigenvalue weighted by Gasteiger charge is -2.28. The number of carbonyl (C=O) groups is 2. The molecule has 9 heteroatoms. The van der Waals surface area contributed by atoms with Crippen LogP contribution in [-0.2, 0) is 35.3 Å². The molecule has 0 radical (unpaired) electrons. The van der Waals surface area contributed by atoms with Crippen LogP contribution < -0.4 is 0 Å². The van der Waals surface area contributed by atoms with Crippen molar-refractivity contribution in [2.24, 2.45) is 0 Å². The lowest BCUT2D eigenvalue weighted by Crippen LogP contribution is -2.44. The number of amides is 2. The predicted octanol–water partition coefficient (Wildman–Crippen LogP) is 6.18. The van der Waals surface area contributed by atoms with Gasteiger partial charge in [-0.1, -0.05) is 60.2 Å². The number of carbonyl (C=O) groups excluding carboxylic acids is 2. The minimum Gasteiger partial charge on any atom is -0.383 e. The Bertz CT molecular complexity index is 1470. The van der Waals surface area contributed by atoms with Gasteiger partial charge in [0.25, 0.3) is 5.91 Å². The number of ether oxygens (including phenoxy) is 1. The zero-order valence-corrected chi connectivity index (χ0v) is 23.7. The second kappa shape index (κ2) is 14.0. The average molecular weight is 578 g/mol.